The van der Waals surface area contributed by atoms with Crippen molar-refractivity contribution in [2.24, 2.45) is 0 Å². The van der Waals surface area contributed by atoms with Crippen LogP contribution in [0.25, 0.3) is 0 Å². The van der Waals surface area contributed by atoms with Crippen LogP contribution in [0, 0.1) is 0 Å². The maximum atomic E-state index is 12.4. The van der Waals surface area contributed by atoms with Crippen molar-refractivity contribution in [3.63, 3.8) is 0 Å². The molecule has 2 amide bonds. The van der Waals surface area contributed by atoms with Crippen LogP contribution in [0.2, 0.25) is 0 Å². The number of piperidine rings is 1. The van der Waals surface area contributed by atoms with E-state index < -0.39 is 0 Å². The quantitative estimate of drug-likeness (QED) is 0.870. The molecular formula is C14H23N5O2S. The minimum absolute atomic E-state index is 0.00378. The van der Waals surface area contributed by atoms with Crippen LogP contribution in [0.1, 0.15) is 40.0 Å². The Morgan fingerprint density at radius 3 is 2.82 bits per heavy atom. The molecule has 22 heavy (non-hydrogen) atoms. The first kappa shape index (κ1) is 16.8. The van der Waals surface area contributed by atoms with E-state index in [1.807, 2.05) is 25.7 Å². The molecule has 1 aliphatic rings. The highest BCUT2D eigenvalue weighted by Gasteiger charge is 2.31. The number of likely N-dealkylation sites (tertiary alicyclic amines) is 1. The van der Waals surface area contributed by atoms with Crippen molar-refractivity contribution in [1.29, 1.82) is 0 Å². The molecule has 0 aromatic carbocycles. The first-order chi connectivity index (χ1) is 10.3. The third kappa shape index (κ3) is 5.03. The number of carbonyl (C=O) groups excluding carboxylic acids is 2. The van der Waals surface area contributed by atoms with Gasteiger partial charge in [0.2, 0.25) is 16.9 Å². The van der Waals surface area contributed by atoms with Gasteiger partial charge in [-0.2, -0.15) is 0 Å². The highest BCUT2D eigenvalue weighted by atomic mass is 32.1. The minimum Gasteiger partial charge on any atom is -0.350 e. The summed E-state index contributed by atoms with van der Waals surface area (Å²) < 4.78 is 0. The standard InChI is InChI=1S/C14H23N5O2S/c1-14(2,3)17-12(21)10-6-4-5-7-19(10)8-11(20)16-13-18-15-9-22-13/h9-10H,4-8H2,1-3H3,(H,17,21)(H,16,18,20)/t10-/m1/s1. The Morgan fingerprint density at radius 2 is 2.18 bits per heavy atom. The molecule has 122 valence electrons. The average Bonchev–Trinajstić information content (AvgIpc) is 2.90. The molecule has 2 rings (SSSR count). The smallest absolute Gasteiger partial charge is 0.240 e. The molecule has 0 unspecified atom stereocenters. The van der Waals surface area contributed by atoms with E-state index in [0.29, 0.717) is 5.13 Å². The Hall–Kier alpha value is -1.54. The summed E-state index contributed by atoms with van der Waals surface area (Å²) in [4.78, 5) is 26.4. The normalized spacial score (nSPS) is 19.7. The second-order valence-electron chi connectivity index (χ2n) is 6.51. The first-order valence-corrected chi connectivity index (χ1v) is 8.35. The van der Waals surface area contributed by atoms with Gasteiger partial charge in [-0.3, -0.25) is 19.8 Å². The molecule has 0 saturated carbocycles. The topological polar surface area (TPSA) is 87.2 Å². The van der Waals surface area contributed by atoms with Gasteiger partial charge < -0.3 is 5.32 Å². The lowest BCUT2D eigenvalue weighted by Gasteiger charge is -2.35. The summed E-state index contributed by atoms with van der Waals surface area (Å²) in [5.74, 6) is -0.164. The number of hydrogen-bond acceptors (Lipinski definition) is 6. The summed E-state index contributed by atoms with van der Waals surface area (Å²) in [6, 6.07) is -0.242. The summed E-state index contributed by atoms with van der Waals surface area (Å²) in [5.41, 5.74) is 1.30. The van der Waals surface area contributed by atoms with Gasteiger partial charge in [0, 0.05) is 5.54 Å². The van der Waals surface area contributed by atoms with Crippen molar-refractivity contribution >= 4 is 28.3 Å². The Kier molecular flexibility index (Phi) is 5.47. The molecule has 0 spiro atoms. The Morgan fingerprint density at radius 1 is 1.41 bits per heavy atom. The zero-order valence-electron chi connectivity index (χ0n) is 13.3. The Labute approximate surface area is 134 Å². The number of hydrogen-bond donors (Lipinski definition) is 2. The number of aromatic nitrogens is 2. The van der Waals surface area contributed by atoms with Crippen LogP contribution in [-0.2, 0) is 9.59 Å². The molecule has 2 N–H and O–H groups in total. The van der Waals surface area contributed by atoms with Gasteiger partial charge >= 0.3 is 0 Å². The van der Waals surface area contributed by atoms with E-state index in [-0.39, 0.29) is 29.9 Å². The van der Waals surface area contributed by atoms with E-state index in [2.05, 4.69) is 20.8 Å². The van der Waals surface area contributed by atoms with Crippen LogP contribution in [-0.4, -0.2) is 51.6 Å². The van der Waals surface area contributed by atoms with Gasteiger partial charge in [-0.15, -0.1) is 10.2 Å². The predicted molar refractivity (Wildman–Crippen MR) is 85.6 cm³/mol. The number of carbonyl (C=O) groups is 2. The third-order valence-electron chi connectivity index (χ3n) is 3.37. The van der Waals surface area contributed by atoms with Crippen molar-refractivity contribution in [2.45, 2.75) is 51.6 Å². The summed E-state index contributed by atoms with van der Waals surface area (Å²) in [5, 5.41) is 13.7. The Bertz CT molecular complexity index is 512. The van der Waals surface area contributed by atoms with E-state index >= 15 is 0 Å². The van der Waals surface area contributed by atoms with Crippen LogP contribution in [0.15, 0.2) is 5.51 Å². The van der Waals surface area contributed by atoms with Gasteiger partial charge in [0.25, 0.3) is 0 Å². The molecule has 1 saturated heterocycles. The number of nitrogens with zero attached hydrogens (tertiary/aromatic N) is 3. The van der Waals surface area contributed by atoms with Gasteiger partial charge in [-0.1, -0.05) is 17.8 Å². The molecule has 2 heterocycles. The number of anilines is 1. The summed E-state index contributed by atoms with van der Waals surface area (Å²) >= 11 is 1.28. The van der Waals surface area contributed by atoms with Crippen LogP contribution in [0.5, 0.6) is 0 Å². The molecule has 1 aromatic heterocycles. The number of amides is 2. The zero-order valence-corrected chi connectivity index (χ0v) is 14.1. The van der Waals surface area contributed by atoms with Gasteiger partial charge in [0.1, 0.15) is 5.51 Å². The number of rotatable bonds is 4. The summed E-state index contributed by atoms with van der Waals surface area (Å²) in [6.45, 7) is 6.83. The molecule has 8 heteroatoms. The highest BCUT2D eigenvalue weighted by molar-refractivity contribution is 7.13. The predicted octanol–water partition coefficient (Wildman–Crippen LogP) is 1.25. The fraction of sp³-hybridized carbons (Fsp3) is 0.714. The van der Waals surface area contributed by atoms with Crippen molar-refractivity contribution < 1.29 is 9.59 Å². The molecule has 1 atom stereocenters. The maximum absolute atomic E-state index is 12.4. The molecule has 7 nitrogen and oxygen atoms in total. The maximum Gasteiger partial charge on any atom is 0.240 e. The lowest BCUT2D eigenvalue weighted by atomic mass is 9.99. The van der Waals surface area contributed by atoms with Crippen molar-refractivity contribution in [3.8, 4) is 0 Å². The molecule has 1 aliphatic heterocycles. The number of nitrogens with one attached hydrogen (secondary N) is 2. The van der Waals surface area contributed by atoms with Crippen molar-refractivity contribution in [1.82, 2.24) is 20.4 Å². The van der Waals surface area contributed by atoms with Gasteiger partial charge in [-0.05, 0) is 40.2 Å². The minimum atomic E-state index is -0.269. The van der Waals surface area contributed by atoms with Gasteiger partial charge in [0.15, 0.2) is 0 Å². The van der Waals surface area contributed by atoms with Gasteiger partial charge in [-0.25, -0.2) is 0 Å². The van der Waals surface area contributed by atoms with Gasteiger partial charge in [0.05, 0.1) is 12.6 Å². The van der Waals surface area contributed by atoms with Crippen LogP contribution < -0.4 is 10.6 Å². The fourth-order valence-electron chi connectivity index (χ4n) is 2.50. The summed E-state index contributed by atoms with van der Waals surface area (Å²) in [6.07, 6.45) is 2.80. The summed E-state index contributed by atoms with van der Waals surface area (Å²) in [7, 11) is 0. The largest absolute Gasteiger partial charge is 0.350 e. The molecule has 1 fully saturated rings. The van der Waals surface area contributed by atoms with Crippen molar-refractivity contribution in [2.75, 3.05) is 18.4 Å². The van der Waals surface area contributed by atoms with E-state index in [1.165, 1.54) is 11.3 Å². The third-order valence-corrected chi connectivity index (χ3v) is 3.97. The monoisotopic (exact) mass is 325 g/mol. The average molecular weight is 325 g/mol. The van der Waals surface area contributed by atoms with E-state index in [9.17, 15) is 9.59 Å². The second-order valence-corrected chi connectivity index (χ2v) is 7.35. The van der Waals surface area contributed by atoms with Crippen LogP contribution in [0.4, 0.5) is 5.13 Å². The lowest BCUT2D eigenvalue weighted by molar-refractivity contribution is -0.130. The van der Waals surface area contributed by atoms with E-state index in [1.54, 1.807) is 5.51 Å². The van der Waals surface area contributed by atoms with Crippen LogP contribution >= 0.6 is 11.3 Å². The molecule has 0 aliphatic carbocycles. The molecular weight excluding hydrogens is 302 g/mol. The molecule has 1 aromatic rings. The molecule has 0 bridgehead atoms. The van der Waals surface area contributed by atoms with E-state index in [4.69, 9.17) is 0 Å². The SMILES string of the molecule is CC(C)(C)NC(=O)[C@H]1CCCCN1CC(=O)Nc1nncs1. The van der Waals surface area contributed by atoms with Crippen LogP contribution in [0.3, 0.4) is 0 Å². The highest BCUT2D eigenvalue weighted by Crippen LogP contribution is 2.18. The second kappa shape index (κ2) is 7.15. The van der Waals surface area contributed by atoms with Crippen molar-refractivity contribution in [3.05, 3.63) is 5.51 Å². The lowest BCUT2D eigenvalue weighted by Crippen LogP contribution is -2.55. The van der Waals surface area contributed by atoms with E-state index in [0.717, 1.165) is 25.8 Å². The fourth-order valence-corrected chi connectivity index (χ4v) is 2.96. The Balaban J connectivity index is 1.94. The first-order valence-electron chi connectivity index (χ1n) is 7.47. The molecule has 0 radical (unpaired) electrons. The zero-order chi connectivity index (χ0) is 16.2.